The highest BCUT2D eigenvalue weighted by Crippen LogP contribution is 2.63. The van der Waals surface area contributed by atoms with Gasteiger partial charge in [0.05, 0.1) is 11.2 Å². The molecule has 1 aromatic heterocycles. The lowest BCUT2D eigenvalue weighted by Crippen LogP contribution is -2.62. The van der Waals surface area contributed by atoms with Crippen molar-refractivity contribution in [2.24, 2.45) is 0 Å². The summed E-state index contributed by atoms with van der Waals surface area (Å²) in [5, 5.41) is 2.34. The van der Waals surface area contributed by atoms with Crippen LogP contribution < -0.4 is 31.1 Å². The zero-order valence-corrected chi connectivity index (χ0v) is 50.9. The summed E-state index contributed by atoms with van der Waals surface area (Å²) in [6, 6.07) is 46.8. The largest absolute Gasteiger partial charge is 0.454 e. The van der Waals surface area contributed by atoms with Gasteiger partial charge >= 0.3 is 0 Å². The third kappa shape index (κ3) is 6.64. The third-order valence-electron chi connectivity index (χ3n) is 23.3. The molecule has 0 N–H and O–H groups in total. The van der Waals surface area contributed by atoms with Crippen LogP contribution in [0.25, 0.3) is 21.9 Å². The first-order valence-corrected chi connectivity index (χ1v) is 30.9. The van der Waals surface area contributed by atoms with E-state index >= 15 is 0 Å². The zero-order valence-electron chi connectivity index (χ0n) is 50.9. The molecule has 0 radical (unpaired) electrons. The molecule has 0 amide bonds. The van der Waals surface area contributed by atoms with E-state index in [9.17, 15) is 0 Å². The molecule has 4 aliphatic carbocycles. The van der Waals surface area contributed by atoms with Gasteiger partial charge in [0.2, 0.25) is 0 Å². The molecule has 0 bridgehead atoms. The van der Waals surface area contributed by atoms with Crippen LogP contribution >= 0.6 is 0 Å². The first-order valence-electron chi connectivity index (χ1n) is 30.9. The predicted octanol–water partition coefficient (Wildman–Crippen LogP) is 18.8. The average Bonchev–Trinajstić information content (AvgIpc) is 3.97. The maximum Gasteiger partial charge on any atom is 0.252 e. The Morgan fingerprint density at radius 2 is 0.950 bits per heavy atom. The predicted molar refractivity (Wildman–Crippen MR) is 341 cm³/mol. The van der Waals surface area contributed by atoms with Crippen molar-refractivity contribution in [3.8, 4) is 0 Å². The topological polar surface area (TPSA) is 22.9 Å². The van der Waals surface area contributed by atoms with Gasteiger partial charge in [-0.25, -0.2) is 0 Å². The smallest absolute Gasteiger partial charge is 0.252 e. The van der Waals surface area contributed by atoms with Crippen molar-refractivity contribution in [3.63, 3.8) is 0 Å². The van der Waals surface area contributed by atoms with Crippen molar-refractivity contribution in [1.29, 1.82) is 0 Å². The lowest BCUT2D eigenvalue weighted by atomic mass is 9.33. The lowest BCUT2D eigenvalue weighted by Gasteiger charge is -2.51. The number of rotatable bonds is 3. The minimum Gasteiger partial charge on any atom is -0.454 e. The molecule has 4 heterocycles. The Balaban J connectivity index is 1.13. The number of fused-ring (bicyclic) bond motifs is 14. The van der Waals surface area contributed by atoms with Gasteiger partial charge in [-0.2, -0.15) is 0 Å². The summed E-state index contributed by atoms with van der Waals surface area (Å²) >= 11 is 0. The first-order chi connectivity index (χ1) is 37.8. The lowest BCUT2D eigenvalue weighted by molar-refractivity contribution is 0.195. The summed E-state index contributed by atoms with van der Waals surface area (Å²) in [5.41, 5.74) is 28.0. The Morgan fingerprint density at radius 3 is 1.62 bits per heavy atom. The van der Waals surface area contributed by atoms with Gasteiger partial charge in [0.15, 0.2) is 5.58 Å². The van der Waals surface area contributed by atoms with Crippen molar-refractivity contribution >= 4 is 90.5 Å². The van der Waals surface area contributed by atoms with Gasteiger partial charge in [0.25, 0.3) is 6.71 Å². The van der Waals surface area contributed by atoms with Crippen LogP contribution in [0.15, 0.2) is 120 Å². The number of para-hydroxylation sites is 2. The van der Waals surface area contributed by atoms with Gasteiger partial charge in [0.1, 0.15) is 5.58 Å². The number of hydrogen-bond acceptors (Lipinski definition) is 4. The molecule has 4 nitrogen and oxygen atoms in total. The molecule has 408 valence electrons. The fraction of sp³-hybridized carbons (Fsp3) is 0.440. The number of hydrogen-bond donors (Lipinski definition) is 0. The monoisotopic (exact) mass is 1050 g/mol. The van der Waals surface area contributed by atoms with Crippen LogP contribution in [0.2, 0.25) is 0 Å². The Bertz CT molecular complexity index is 4010. The van der Waals surface area contributed by atoms with Gasteiger partial charge in [-0.15, -0.1) is 0 Å². The second-order valence-corrected chi connectivity index (χ2v) is 30.8. The van der Waals surface area contributed by atoms with Crippen molar-refractivity contribution < 1.29 is 4.42 Å². The summed E-state index contributed by atoms with van der Waals surface area (Å²) in [7, 11) is 0. The standard InChI is InChI=1S/C75H84BN3O/c1-45-38-52-55(72(10,11)36-34-69(52,4)5)43-60(45)78-63-41-47(79-59-24-18-17-23-51(59)74(14)30-20-21-31-75(74,79)15)40-62-65(63)76(57-29-27-49-48-22-16-19-25-64(48)80-67(49)66(57)78)58-42-54-56(73(12,13)37-35-71(54,8)9)44-61(58)77(62)46-26-28-50-53(39-46)70(6,7)33-32-68(50,2)3/h16-19,22-29,38-44H,20-21,30-37H2,1-15H3. The third-order valence-corrected chi connectivity index (χ3v) is 23.3. The summed E-state index contributed by atoms with van der Waals surface area (Å²) < 4.78 is 7.42. The van der Waals surface area contributed by atoms with E-state index in [0.717, 1.165) is 36.8 Å². The molecule has 80 heavy (non-hydrogen) atoms. The molecule has 8 aromatic rings. The minimum absolute atomic E-state index is 0.00456. The van der Waals surface area contributed by atoms with Crippen LogP contribution in [0.3, 0.4) is 0 Å². The van der Waals surface area contributed by atoms with E-state index in [1.165, 1.54) is 156 Å². The number of furan rings is 1. The fourth-order valence-corrected chi connectivity index (χ4v) is 17.7. The van der Waals surface area contributed by atoms with Crippen LogP contribution in [-0.2, 0) is 37.9 Å². The normalized spacial score (nSPS) is 24.5. The van der Waals surface area contributed by atoms with Crippen molar-refractivity contribution in [2.45, 2.75) is 212 Å². The highest BCUT2D eigenvalue weighted by atomic mass is 16.3. The Morgan fingerprint density at radius 1 is 0.400 bits per heavy atom. The molecule has 0 saturated heterocycles. The molecule has 1 fully saturated rings. The van der Waals surface area contributed by atoms with E-state index in [1.807, 2.05) is 0 Å². The highest BCUT2D eigenvalue weighted by Gasteiger charge is 2.58. The number of anilines is 8. The molecule has 5 heteroatoms. The van der Waals surface area contributed by atoms with E-state index in [1.54, 1.807) is 0 Å². The quantitative estimate of drug-likeness (QED) is 0.165. The molecule has 15 rings (SSSR count). The maximum atomic E-state index is 7.42. The van der Waals surface area contributed by atoms with E-state index in [4.69, 9.17) is 4.42 Å². The number of nitrogens with zero attached hydrogens (tertiary/aromatic N) is 3. The molecule has 0 spiro atoms. The van der Waals surface area contributed by atoms with Crippen LogP contribution in [-0.4, -0.2) is 12.3 Å². The van der Waals surface area contributed by atoms with Crippen molar-refractivity contribution in [1.82, 2.24) is 0 Å². The maximum absolute atomic E-state index is 7.42. The molecule has 1 saturated carbocycles. The van der Waals surface area contributed by atoms with E-state index in [2.05, 4.69) is 234 Å². The van der Waals surface area contributed by atoms with Gasteiger partial charge < -0.3 is 19.1 Å². The van der Waals surface area contributed by atoms with E-state index < -0.39 is 0 Å². The van der Waals surface area contributed by atoms with Crippen LogP contribution in [0.1, 0.15) is 206 Å². The molecular weight excluding hydrogens is 970 g/mol. The van der Waals surface area contributed by atoms with Gasteiger partial charge in [-0.1, -0.05) is 170 Å². The Kier molecular flexibility index (Phi) is 10.2. The molecule has 7 aromatic carbocycles. The summed E-state index contributed by atoms with van der Waals surface area (Å²) in [6.45, 7) is 37.4. The highest BCUT2D eigenvalue weighted by molar-refractivity contribution is 7.00. The minimum atomic E-state index is -0.149. The molecular formula is C75H84BN3O. The SMILES string of the molecule is Cc1cc2c(cc1N1c3cc(N4c5ccccc5C5(C)CCCCC45C)cc4c3B(c3cc5c(cc3N4c3ccc4c(c3)C(C)(C)CCC4(C)C)C(C)(C)CCC5(C)C)c3ccc4c(oc5ccccc54)c31)C(C)(C)CCC2(C)C. The molecule has 7 aliphatic rings. The van der Waals surface area contributed by atoms with E-state index in [-0.39, 0.29) is 50.2 Å². The summed E-state index contributed by atoms with van der Waals surface area (Å²) in [6.07, 6.45) is 11.8. The van der Waals surface area contributed by atoms with Gasteiger partial charge in [-0.3, -0.25) is 0 Å². The zero-order chi connectivity index (χ0) is 55.8. The van der Waals surface area contributed by atoms with Crippen molar-refractivity contribution in [2.75, 3.05) is 14.7 Å². The van der Waals surface area contributed by atoms with Crippen LogP contribution in [0.5, 0.6) is 0 Å². The summed E-state index contributed by atoms with van der Waals surface area (Å²) in [5.74, 6) is 0. The van der Waals surface area contributed by atoms with Gasteiger partial charge in [-0.05, 0) is 207 Å². The number of aryl methyl sites for hydroxylation is 1. The van der Waals surface area contributed by atoms with Crippen LogP contribution in [0, 0.1) is 6.92 Å². The van der Waals surface area contributed by atoms with Crippen LogP contribution in [0.4, 0.5) is 45.5 Å². The fourth-order valence-electron chi connectivity index (χ4n) is 17.7. The Labute approximate surface area is 478 Å². The second kappa shape index (κ2) is 16.1. The van der Waals surface area contributed by atoms with Gasteiger partial charge in [0, 0.05) is 56.0 Å². The average molecular weight is 1050 g/mol. The second-order valence-electron chi connectivity index (χ2n) is 30.8. The van der Waals surface area contributed by atoms with Crippen molar-refractivity contribution in [3.05, 3.63) is 160 Å². The molecule has 3 aliphatic heterocycles. The van der Waals surface area contributed by atoms with E-state index in [0.29, 0.717) is 0 Å². The first kappa shape index (κ1) is 50.7. The Hall–Kier alpha value is -6.20. The number of benzene rings is 7. The summed E-state index contributed by atoms with van der Waals surface area (Å²) in [4.78, 5) is 8.37. The molecule has 2 atom stereocenters. The molecule has 2 unspecified atom stereocenters.